The monoisotopic (exact) mass is 392 g/mol. The lowest BCUT2D eigenvalue weighted by Crippen LogP contribution is -2.44. The first-order chi connectivity index (χ1) is 12.2. The summed E-state index contributed by atoms with van der Waals surface area (Å²) in [4.78, 5) is 0. The first-order valence-corrected chi connectivity index (χ1v) is 13.1. The molecule has 2 nitrogen and oxygen atoms in total. The summed E-state index contributed by atoms with van der Waals surface area (Å²) >= 11 is 0. The Morgan fingerprint density at radius 3 is 2.19 bits per heavy atom. The number of hydrogen-bond acceptors (Lipinski definition) is 2. The topological polar surface area (TPSA) is 29.5 Å². The maximum absolute atomic E-state index is 9.11. The molecule has 0 aliphatic rings. The van der Waals surface area contributed by atoms with E-state index in [1.165, 1.54) is 11.1 Å². The zero-order valence-electron chi connectivity index (χ0n) is 19.4. The van der Waals surface area contributed by atoms with E-state index >= 15 is 0 Å². The quantitative estimate of drug-likeness (QED) is 0.229. The molecule has 2 atom stereocenters. The van der Waals surface area contributed by atoms with Crippen LogP contribution in [0.4, 0.5) is 0 Å². The molecule has 0 fully saturated rings. The van der Waals surface area contributed by atoms with E-state index in [0.29, 0.717) is 5.92 Å². The summed E-state index contributed by atoms with van der Waals surface area (Å²) in [5.41, 5.74) is 4.53. The summed E-state index contributed by atoms with van der Waals surface area (Å²) in [6.45, 7) is 28.3. The van der Waals surface area contributed by atoms with Gasteiger partial charge in [0.1, 0.15) is 0 Å². The lowest BCUT2D eigenvalue weighted by molar-refractivity contribution is 0.209. The van der Waals surface area contributed by atoms with E-state index in [-0.39, 0.29) is 17.7 Å². The summed E-state index contributed by atoms with van der Waals surface area (Å²) in [5.74, 6) is 0.412. The minimum atomic E-state index is -1.78. The number of aliphatic hydroxyl groups is 1. The molecule has 0 aliphatic heterocycles. The molecule has 0 amide bonds. The fraction of sp³-hybridized carbons (Fsp3) is 0.667. The molecule has 0 aliphatic carbocycles. The van der Waals surface area contributed by atoms with Crippen molar-refractivity contribution in [1.82, 2.24) is 0 Å². The van der Waals surface area contributed by atoms with Crippen LogP contribution in [0.2, 0.25) is 18.1 Å². The number of rotatable bonds is 11. The molecule has 27 heavy (non-hydrogen) atoms. The van der Waals surface area contributed by atoms with Crippen LogP contribution in [0.25, 0.3) is 0 Å². The molecule has 0 heterocycles. The van der Waals surface area contributed by atoms with E-state index in [1.54, 1.807) is 0 Å². The second-order valence-electron chi connectivity index (χ2n) is 9.60. The van der Waals surface area contributed by atoms with E-state index in [0.717, 1.165) is 30.4 Å². The smallest absolute Gasteiger partial charge is 0.192 e. The van der Waals surface area contributed by atoms with E-state index < -0.39 is 8.32 Å². The van der Waals surface area contributed by atoms with Crippen molar-refractivity contribution in [3.05, 3.63) is 47.6 Å². The summed E-state index contributed by atoms with van der Waals surface area (Å²) in [7, 11) is -1.78. The Balaban J connectivity index is 4.98. The average molecular weight is 393 g/mol. The van der Waals surface area contributed by atoms with Gasteiger partial charge < -0.3 is 9.53 Å². The molecule has 0 aromatic carbocycles. The Bertz CT molecular complexity index is 561. The Hall–Kier alpha value is -0.903. The predicted octanol–water partition coefficient (Wildman–Crippen LogP) is 7.20. The van der Waals surface area contributed by atoms with Crippen LogP contribution in [-0.4, -0.2) is 26.1 Å². The van der Waals surface area contributed by atoms with Crippen molar-refractivity contribution in [3.8, 4) is 0 Å². The fourth-order valence-electron chi connectivity index (χ4n) is 2.97. The summed E-state index contributed by atoms with van der Waals surface area (Å²) < 4.78 is 6.62. The highest BCUT2D eigenvalue weighted by molar-refractivity contribution is 6.74. The predicted molar refractivity (Wildman–Crippen MR) is 124 cm³/mol. The van der Waals surface area contributed by atoms with Crippen LogP contribution in [0.15, 0.2) is 47.6 Å². The van der Waals surface area contributed by atoms with Crippen molar-refractivity contribution >= 4 is 8.32 Å². The molecular weight excluding hydrogens is 348 g/mol. The first-order valence-electron chi connectivity index (χ1n) is 10.2. The van der Waals surface area contributed by atoms with E-state index in [4.69, 9.17) is 9.53 Å². The molecular formula is C24H44O2Si. The molecule has 3 heteroatoms. The molecule has 0 aromatic rings. The molecule has 0 unspecified atom stereocenters. The summed E-state index contributed by atoms with van der Waals surface area (Å²) in [5, 5.41) is 9.33. The third-order valence-corrected chi connectivity index (χ3v) is 9.95. The number of hydrogen-bond donors (Lipinski definition) is 1. The fourth-order valence-corrected chi connectivity index (χ4v) is 4.39. The van der Waals surface area contributed by atoms with Crippen LogP contribution in [0.3, 0.4) is 0 Å². The van der Waals surface area contributed by atoms with Crippen LogP contribution in [-0.2, 0) is 4.43 Å². The second kappa shape index (κ2) is 11.2. The van der Waals surface area contributed by atoms with Gasteiger partial charge in [-0.05, 0) is 68.3 Å². The standard InChI is InChI=1S/C24H44O2Si/c1-12-23(26-27(10,11)24(7,8)9)22(6)16-20(4)14-18(2)13-19(3)15-21(5)17-25/h13,16,18,23,25H,4-5,12,14-15,17H2,1-3,6-11H3/b19-13+,22-16+/t18-,23-/m1/s1. The van der Waals surface area contributed by atoms with Crippen LogP contribution in [0.5, 0.6) is 0 Å². The normalized spacial score (nSPS) is 16.2. The first kappa shape index (κ1) is 26.1. The lowest BCUT2D eigenvalue weighted by atomic mass is 9.96. The lowest BCUT2D eigenvalue weighted by Gasteiger charge is -2.39. The van der Waals surface area contributed by atoms with Gasteiger partial charge in [0.2, 0.25) is 0 Å². The minimum absolute atomic E-state index is 0.0564. The molecule has 0 saturated heterocycles. The van der Waals surface area contributed by atoms with E-state index in [9.17, 15) is 0 Å². The van der Waals surface area contributed by atoms with Crippen molar-refractivity contribution in [2.24, 2.45) is 5.92 Å². The highest BCUT2D eigenvalue weighted by Crippen LogP contribution is 2.38. The van der Waals surface area contributed by atoms with Gasteiger partial charge in [0.25, 0.3) is 0 Å². The zero-order valence-corrected chi connectivity index (χ0v) is 20.4. The Labute approximate surface area is 170 Å². The largest absolute Gasteiger partial charge is 0.410 e. The van der Waals surface area contributed by atoms with Crippen molar-refractivity contribution in [2.45, 2.75) is 92.0 Å². The van der Waals surface area contributed by atoms with Crippen molar-refractivity contribution in [3.63, 3.8) is 0 Å². The van der Waals surface area contributed by atoms with Gasteiger partial charge in [-0.2, -0.15) is 0 Å². The Morgan fingerprint density at radius 1 is 1.19 bits per heavy atom. The van der Waals surface area contributed by atoms with Crippen LogP contribution < -0.4 is 0 Å². The maximum Gasteiger partial charge on any atom is 0.192 e. The molecule has 0 bridgehead atoms. The van der Waals surface area contributed by atoms with Gasteiger partial charge in [0, 0.05) is 0 Å². The molecule has 0 aromatic heterocycles. The van der Waals surface area contributed by atoms with Crippen molar-refractivity contribution in [2.75, 3.05) is 6.61 Å². The highest BCUT2D eigenvalue weighted by atomic mass is 28.4. The van der Waals surface area contributed by atoms with Crippen LogP contribution in [0, 0.1) is 5.92 Å². The van der Waals surface area contributed by atoms with Gasteiger partial charge in [-0.15, -0.1) is 0 Å². The van der Waals surface area contributed by atoms with Gasteiger partial charge in [-0.1, -0.05) is 71.1 Å². The van der Waals surface area contributed by atoms with Crippen molar-refractivity contribution < 1.29 is 9.53 Å². The third-order valence-electron chi connectivity index (χ3n) is 5.46. The van der Waals surface area contributed by atoms with Crippen molar-refractivity contribution in [1.29, 1.82) is 0 Å². The van der Waals surface area contributed by atoms with Crippen LogP contribution >= 0.6 is 0 Å². The summed E-state index contributed by atoms with van der Waals surface area (Å²) in [6.07, 6.45) is 7.33. The van der Waals surface area contributed by atoms with Crippen LogP contribution in [0.1, 0.15) is 67.7 Å². The Kier molecular flexibility index (Phi) is 10.8. The summed E-state index contributed by atoms with van der Waals surface area (Å²) in [6, 6.07) is 0. The molecule has 0 saturated carbocycles. The molecule has 0 radical (unpaired) electrons. The van der Waals surface area contributed by atoms with E-state index in [2.05, 4.69) is 86.9 Å². The molecule has 156 valence electrons. The maximum atomic E-state index is 9.11. The minimum Gasteiger partial charge on any atom is -0.410 e. The Morgan fingerprint density at radius 2 is 1.74 bits per heavy atom. The molecule has 0 spiro atoms. The third kappa shape index (κ3) is 9.73. The van der Waals surface area contributed by atoms with Gasteiger partial charge in [-0.3, -0.25) is 0 Å². The number of allylic oxidation sites excluding steroid dienone is 4. The van der Waals surface area contributed by atoms with Gasteiger partial charge in [0.15, 0.2) is 8.32 Å². The molecule has 0 rings (SSSR count). The van der Waals surface area contributed by atoms with Gasteiger partial charge >= 0.3 is 0 Å². The van der Waals surface area contributed by atoms with E-state index in [1.807, 2.05) is 0 Å². The zero-order chi connectivity index (χ0) is 21.4. The second-order valence-corrected chi connectivity index (χ2v) is 14.4. The van der Waals surface area contributed by atoms with Gasteiger partial charge in [0.05, 0.1) is 12.7 Å². The van der Waals surface area contributed by atoms with Gasteiger partial charge in [-0.25, -0.2) is 0 Å². The molecule has 1 N–H and O–H groups in total. The highest BCUT2D eigenvalue weighted by Gasteiger charge is 2.39. The SMILES string of the molecule is C=C(/C=C(\C)[C@@H](CC)O[Si](C)(C)C(C)(C)C)C[C@H](C)/C=C(\C)CC(=C)CO. The number of aliphatic hydroxyl groups excluding tert-OH is 1. The average Bonchev–Trinajstić information content (AvgIpc) is 2.50.